The van der Waals surface area contributed by atoms with Crippen LogP contribution in [0, 0.1) is 0 Å². The fourth-order valence-corrected chi connectivity index (χ4v) is 1.38. The number of hydrogen-bond acceptors (Lipinski definition) is 2. The molecule has 1 aromatic carbocycles. The number of hydrogen-bond donors (Lipinski definition) is 2. The van der Waals surface area contributed by atoms with Gasteiger partial charge in [-0.3, -0.25) is 0 Å². The summed E-state index contributed by atoms with van der Waals surface area (Å²) in [5.74, 6) is 0.258. The van der Waals surface area contributed by atoms with Crippen LogP contribution in [0.5, 0.6) is 5.75 Å². The van der Waals surface area contributed by atoms with Gasteiger partial charge in [-0.1, -0.05) is 24.6 Å². The fraction of sp³-hybridized carbons (Fsp3) is 0.455. The number of benzene rings is 1. The van der Waals surface area contributed by atoms with Crippen LogP contribution in [0.4, 0.5) is 0 Å². The molecule has 2 nitrogen and oxygen atoms in total. The van der Waals surface area contributed by atoms with Crippen molar-refractivity contribution in [3.05, 3.63) is 28.8 Å². The number of halogens is 1. The number of nitrogens with one attached hydrogen (secondary N) is 1. The lowest BCUT2D eigenvalue weighted by molar-refractivity contribution is 0.457. The first-order valence-corrected chi connectivity index (χ1v) is 5.22. The van der Waals surface area contributed by atoms with Gasteiger partial charge in [0.15, 0.2) is 0 Å². The first kappa shape index (κ1) is 11.3. The Labute approximate surface area is 89.9 Å². The van der Waals surface area contributed by atoms with Crippen molar-refractivity contribution in [3.8, 4) is 5.75 Å². The van der Waals surface area contributed by atoms with Crippen molar-refractivity contribution < 1.29 is 5.11 Å². The van der Waals surface area contributed by atoms with Gasteiger partial charge in [-0.15, -0.1) is 0 Å². The predicted octanol–water partition coefficient (Wildman–Crippen LogP) is 2.93. The van der Waals surface area contributed by atoms with E-state index in [1.165, 1.54) is 0 Å². The molecule has 0 bridgehead atoms. The Kier molecular flexibility index (Phi) is 4.23. The van der Waals surface area contributed by atoms with Gasteiger partial charge >= 0.3 is 0 Å². The Balaban J connectivity index is 2.66. The van der Waals surface area contributed by atoms with Crippen molar-refractivity contribution in [2.75, 3.05) is 0 Å². The maximum atomic E-state index is 9.55. The van der Waals surface area contributed by atoms with E-state index in [1.807, 2.05) is 0 Å². The van der Waals surface area contributed by atoms with Crippen molar-refractivity contribution in [3.63, 3.8) is 0 Å². The van der Waals surface area contributed by atoms with E-state index in [0.29, 0.717) is 17.6 Å². The summed E-state index contributed by atoms with van der Waals surface area (Å²) in [6.45, 7) is 4.83. The monoisotopic (exact) mass is 213 g/mol. The highest BCUT2D eigenvalue weighted by Crippen LogP contribution is 2.24. The highest BCUT2D eigenvalue weighted by atomic mass is 35.5. The molecule has 0 spiro atoms. The first-order chi connectivity index (χ1) is 6.65. The lowest BCUT2D eigenvalue weighted by Crippen LogP contribution is -2.24. The minimum atomic E-state index is 0.258. The zero-order valence-electron chi connectivity index (χ0n) is 8.55. The Bertz CT molecular complexity index is 281. The van der Waals surface area contributed by atoms with Crippen LogP contribution < -0.4 is 5.32 Å². The summed E-state index contributed by atoms with van der Waals surface area (Å²) >= 11 is 5.96. The summed E-state index contributed by atoms with van der Waals surface area (Å²) in [4.78, 5) is 0. The summed E-state index contributed by atoms with van der Waals surface area (Å²) in [7, 11) is 0. The van der Waals surface area contributed by atoms with E-state index in [9.17, 15) is 5.11 Å². The summed E-state index contributed by atoms with van der Waals surface area (Å²) < 4.78 is 0. The number of rotatable bonds is 4. The Morgan fingerprint density at radius 2 is 2.21 bits per heavy atom. The van der Waals surface area contributed by atoms with Gasteiger partial charge in [-0.2, -0.15) is 0 Å². The van der Waals surface area contributed by atoms with Gasteiger partial charge in [-0.05, 0) is 25.5 Å². The van der Waals surface area contributed by atoms with Gasteiger partial charge in [0, 0.05) is 23.2 Å². The molecule has 78 valence electrons. The molecule has 3 heteroatoms. The Morgan fingerprint density at radius 1 is 1.50 bits per heavy atom. The molecule has 1 rings (SSSR count). The highest BCUT2D eigenvalue weighted by Gasteiger charge is 2.06. The number of phenolic OH excluding ortho intramolecular Hbond substituents is 1. The average Bonchev–Trinajstić information content (AvgIpc) is 2.16. The summed E-state index contributed by atoms with van der Waals surface area (Å²) in [5, 5.41) is 13.5. The maximum absolute atomic E-state index is 9.55. The van der Waals surface area contributed by atoms with Crippen LogP contribution in [-0.4, -0.2) is 11.1 Å². The zero-order chi connectivity index (χ0) is 10.6. The standard InChI is InChI=1S/C11H16ClNO/c1-3-8(2)13-7-9-10(12)5-4-6-11(9)14/h4-6,8,13-14H,3,7H2,1-2H3/t8-/m0/s1. The summed E-state index contributed by atoms with van der Waals surface area (Å²) in [6, 6.07) is 5.62. The van der Waals surface area contributed by atoms with Crippen LogP contribution in [0.1, 0.15) is 25.8 Å². The van der Waals surface area contributed by atoms with E-state index in [1.54, 1.807) is 18.2 Å². The van der Waals surface area contributed by atoms with E-state index >= 15 is 0 Å². The molecule has 0 fully saturated rings. The quantitative estimate of drug-likeness (QED) is 0.806. The molecule has 0 unspecified atom stereocenters. The lowest BCUT2D eigenvalue weighted by atomic mass is 10.2. The van der Waals surface area contributed by atoms with E-state index in [0.717, 1.165) is 12.0 Å². The van der Waals surface area contributed by atoms with E-state index in [4.69, 9.17) is 11.6 Å². The molecular weight excluding hydrogens is 198 g/mol. The van der Waals surface area contributed by atoms with Gasteiger partial charge in [0.05, 0.1) is 0 Å². The molecular formula is C11H16ClNO. The second-order valence-corrected chi connectivity index (χ2v) is 3.83. The molecule has 0 radical (unpaired) electrons. The molecule has 1 atom stereocenters. The van der Waals surface area contributed by atoms with Crippen molar-refractivity contribution in [1.29, 1.82) is 0 Å². The van der Waals surface area contributed by atoms with Crippen LogP contribution in [0.25, 0.3) is 0 Å². The van der Waals surface area contributed by atoms with Crippen LogP contribution >= 0.6 is 11.6 Å². The number of aromatic hydroxyl groups is 1. The molecule has 0 aliphatic carbocycles. The molecule has 0 saturated carbocycles. The third-order valence-electron chi connectivity index (χ3n) is 2.33. The molecule has 0 heterocycles. The molecule has 1 aromatic rings. The van der Waals surface area contributed by atoms with Crippen LogP contribution in [0.15, 0.2) is 18.2 Å². The lowest BCUT2D eigenvalue weighted by Gasteiger charge is -2.13. The SMILES string of the molecule is CC[C@H](C)NCc1c(O)cccc1Cl. The third kappa shape index (κ3) is 2.89. The molecule has 0 aliphatic rings. The first-order valence-electron chi connectivity index (χ1n) is 4.85. The van der Waals surface area contributed by atoms with Crippen LogP contribution in [0.3, 0.4) is 0 Å². The predicted molar refractivity (Wildman–Crippen MR) is 59.7 cm³/mol. The normalized spacial score (nSPS) is 12.8. The largest absolute Gasteiger partial charge is 0.508 e. The maximum Gasteiger partial charge on any atom is 0.121 e. The number of phenols is 1. The van der Waals surface area contributed by atoms with Crippen molar-refractivity contribution in [1.82, 2.24) is 5.32 Å². The minimum absolute atomic E-state index is 0.258. The van der Waals surface area contributed by atoms with Crippen LogP contribution in [0.2, 0.25) is 5.02 Å². The molecule has 0 saturated heterocycles. The zero-order valence-corrected chi connectivity index (χ0v) is 9.30. The van der Waals surface area contributed by atoms with Gasteiger partial charge in [0.25, 0.3) is 0 Å². The highest BCUT2D eigenvalue weighted by molar-refractivity contribution is 6.31. The molecule has 2 N–H and O–H groups in total. The molecule has 0 amide bonds. The third-order valence-corrected chi connectivity index (χ3v) is 2.69. The van der Waals surface area contributed by atoms with Gasteiger partial charge in [-0.25, -0.2) is 0 Å². The van der Waals surface area contributed by atoms with Crippen molar-refractivity contribution in [2.45, 2.75) is 32.9 Å². The smallest absolute Gasteiger partial charge is 0.121 e. The molecule has 14 heavy (non-hydrogen) atoms. The second kappa shape index (κ2) is 5.23. The van der Waals surface area contributed by atoms with Gasteiger partial charge in [0.2, 0.25) is 0 Å². The molecule has 0 aromatic heterocycles. The Morgan fingerprint density at radius 3 is 2.79 bits per heavy atom. The molecule has 0 aliphatic heterocycles. The minimum Gasteiger partial charge on any atom is -0.508 e. The fourth-order valence-electron chi connectivity index (χ4n) is 1.14. The Hall–Kier alpha value is -0.730. The summed E-state index contributed by atoms with van der Waals surface area (Å²) in [5.41, 5.74) is 0.773. The van der Waals surface area contributed by atoms with Crippen LogP contribution in [-0.2, 0) is 6.54 Å². The second-order valence-electron chi connectivity index (χ2n) is 3.43. The van der Waals surface area contributed by atoms with Gasteiger partial charge < -0.3 is 10.4 Å². The van der Waals surface area contributed by atoms with E-state index < -0.39 is 0 Å². The van der Waals surface area contributed by atoms with Crippen molar-refractivity contribution >= 4 is 11.6 Å². The summed E-state index contributed by atoms with van der Waals surface area (Å²) in [6.07, 6.45) is 1.06. The van der Waals surface area contributed by atoms with Gasteiger partial charge in [0.1, 0.15) is 5.75 Å². The van der Waals surface area contributed by atoms with Crippen molar-refractivity contribution in [2.24, 2.45) is 0 Å². The van der Waals surface area contributed by atoms with E-state index in [2.05, 4.69) is 19.2 Å². The topological polar surface area (TPSA) is 32.3 Å². The average molecular weight is 214 g/mol. The van der Waals surface area contributed by atoms with E-state index in [-0.39, 0.29) is 5.75 Å².